The number of anilines is 1. The molecule has 0 aliphatic heterocycles. The van der Waals surface area contributed by atoms with Crippen molar-refractivity contribution in [2.45, 2.75) is 30.2 Å². The van der Waals surface area contributed by atoms with E-state index in [1.807, 2.05) is 0 Å². The zero-order valence-corrected chi connectivity index (χ0v) is 12.2. The molecule has 0 spiro atoms. The molecule has 27 heavy (non-hydrogen) atoms. The number of benzene rings is 1. The maximum Gasteiger partial charge on any atom is 0.462 e. The van der Waals surface area contributed by atoms with Gasteiger partial charge in [-0.2, -0.15) is 48.3 Å². The molecule has 0 aliphatic carbocycles. The minimum absolute atomic E-state index is 0.506. The van der Waals surface area contributed by atoms with Crippen molar-refractivity contribution < 1.29 is 62.2 Å². The molecule has 0 saturated carbocycles. The van der Waals surface area contributed by atoms with E-state index in [4.69, 9.17) is 0 Å². The van der Waals surface area contributed by atoms with Gasteiger partial charge in [-0.25, -0.2) is 4.39 Å². The van der Waals surface area contributed by atoms with E-state index in [1.54, 1.807) is 0 Å². The summed E-state index contributed by atoms with van der Waals surface area (Å²) < 4.78 is 154. The second kappa shape index (κ2) is 6.76. The molecule has 1 rings (SSSR count). The third-order valence-corrected chi connectivity index (χ3v) is 2.75. The van der Waals surface area contributed by atoms with E-state index in [0.717, 1.165) is 5.32 Å². The average molecular weight is 423 g/mol. The topological polar surface area (TPSA) is 38.3 Å². The number of amides is 1. The smallest absolute Gasteiger partial charge is 0.321 e. The Morgan fingerprint density at radius 3 is 1.59 bits per heavy atom. The molecule has 1 amide bonds. The van der Waals surface area contributed by atoms with Gasteiger partial charge in [-0.3, -0.25) is 9.53 Å². The molecule has 1 aromatic rings. The van der Waals surface area contributed by atoms with E-state index in [1.165, 1.54) is 0 Å². The number of carbonyl (C=O) groups is 1. The predicted octanol–water partition coefficient (Wildman–Crippen LogP) is 4.80. The fraction of sp³-hybridized carbons (Fsp3) is 0.417. The van der Waals surface area contributed by atoms with Gasteiger partial charge in [0.15, 0.2) is 0 Å². The van der Waals surface area contributed by atoms with Gasteiger partial charge in [0.1, 0.15) is 5.82 Å². The molecule has 0 heterocycles. The number of alkyl halides is 11. The molecule has 0 fully saturated rings. The monoisotopic (exact) mass is 423 g/mol. The van der Waals surface area contributed by atoms with Gasteiger partial charge in [-0.15, -0.1) is 0 Å². The highest BCUT2D eigenvalue weighted by Crippen LogP contribution is 2.51. The minimum Gasteiger partial charge on any atom is -0.321 e. The molecule has 0 unspecified atom stereocenters. The third kappa shape index (κ3) is 4.39. The molecule has 0 aromatic heterocycles. The van der Waals surface area contributed by atoms with E-state index >= 15 is 0 Å². The summed E-state index contributed by atoms with van der Waals surface area (Å²) in [6.45, 7) is 0. The maximum atomic E-state index is 13.9. The van der Waals surface area contributed by atoms with Crippen molar-refractivity contribution in [1.82, 2.24) is 0 Å². The summed E-state index contributed by atoms with van der Waals surface area (Å²) in [6.07, 6.45) is -21.1. The normalized spacial score (nSPS) is 16.0. The van der Waals surface area contributed by atoms with Crippen LogP contribution < -0.4 is 5.32 Å². The zero-order chi connectivity index (χ0) is 21.5. The molecule has 154 valence electrons. The SMILES string of the molecule is O=C(Nc1ccc(F)cc1)[C@](F)(OC(F)(F)C(F)(F)C(F)(F)F)C(F)(F)F. The van der Waals surface area contributed by atoms with Gasteiger partial charge in [-0.1, -0.05) is 0 Å². The zero-order valence-electron chi connectivity index (χ0n) is 12.2. The summed E-state index contributed by atoms with van der Waals surface area (Å²) >= 11 is 0. The summed E-state index contributed by atoms with van der Waals surface area (Å²) in [7, 11) is 0. The lowest BCUT2D eigenvalue weighted by molar-refractivity contribution is -0.472. The van der Waals surface area contributed by atoms with Crippen molar-refractivity contribution in [2.75, 3.05) is 5.32 Å². The van der Waals surface area contributed by atoms with Crippen molar-refractivity contribution in [3.63, 3.8) is 0 Å². The van der Waals surface area contributed by atoms with Crippen LogP contribution in [0.2, 0.25) is 0 Å². The summed E-state index contributed by atoms with van der Waals surface area (Å²) in [4.78, 5) is 11.3. The van der Waals surface area contributed by atoms with E-state index in [0.29, 0.717) is 24.3 Å². The lowest BCUT2D eigenvalue weighted by Crippen LogP contribution is -2.62. The van der Waals surface area contributed by atoms with Crippen molar-refractivity contribution in [3.05, 3.63) is 30.1 Å². The van der Waals surface area contributed by atoms with Gasteiger partial charge in [-0.05, 0) is 24.3 Å². The number of rotatable bonds is 5. The van der Waals surface area contributed by atoms with Gasteiger partial charge in [0.2, 0.25) is 0 Å². The molecular formula is C12H5F12NO2. The Balaban J connectivity index is 3.27. The molecule has 0 radical (unpaired) electrons. The van der Waals surface area contributed by atoms with Gasteiger partial charge in [0.25, 0.3) is 5.91 Å². The van der Waals surface area contributed by atoms with Crippen LogP contribution in [0.1, 0.15) is 0 Å². The number of hydrogen-bond donors (Lipinski definition) is 1. The predicted molar refractivity (Wildman–Crippen MR) is 62.0 cm³/mol. The fourth-order valence-corrected chi connectivity index (χ4v) is 1.38. The van der Waals surface area contributed by atoms with Crippen molar-refractivity contribution in [2.24, 2.45) is 0 Å². The maximum absolute atomic E-state index is 13.9. The fourth-order valence-electron chi connectivity index (χ4n) is 1.38. The molecule has 3 nitrogen and oxygen atoms in total. The molecule has 0 aliphatic rings. The molecule has 15 heteroatoms. The summed E-state index contributed by atoms with van der Waals surface area (Å²) in [5.41, 5.74) is -0.845. The Labute approximate surface area is 140 Å². The number of ether oxygens (including phenoxy) is 1. The number of hydrogen-bond acceptors (Lipinski definition) is 2. The highest BCUT2D eigenvalue weighted by Gasteiger charge is 2.79. The van der Waals surface area contributed by atoms with Crippen LogP contribution in [0.15, 0.2) is 24.3 Å². The molecular weight excluding hydrogens is 418 g/mol. The second-order valence-electron chi connectivity index (χ2n) is 4.75. The van der Waals surface area contributed by atoms with Gasteiger partial charge in [0.05, 0.1) is 0 Å². The first kappa shape index (κ1) is 22.9. The van der Waals surface area contributed by atoms with E-state index in [-0.39, 0.29) is 0 Å². The summed E-state index contributed by atoms with van der Waals surface area (Å²) in [6, 6.07) is 2.03. The van der Waals surface area contributed by atoms with Crippen LogP contribution in [0.5, 0.6) is 0 Å². The Kier molecular flexibility index (Phi) is 5.72. The Bertz CT molecular complexity index is 681. The molecule has 1 N–H and O–H groups in total. The van der Waals surface area contributed by atoms with Gasteiger partial charge < -0.3 is 5.32 Å². The van der Waals surface area contributed by atoms with Crippen LogP contribution in [0.3, 0.4) is 0 Å². The molecule has 1 atom stereocenters. The standard InChI is InChI=1S/C12H5F12NO2/c13-5-1-3-6(4-2-5)25-7(26)8(14,10(17,18)19)27-12(23,24)9(15,16)11(20,21)22/h1-4H,(H,25,26)/t8-/m0/s1. The van der Waals surface area contributed by atoms with Crippen LogP contribution in [-0.2, 0) is 9.53 Å². The third-order valence-electron chi connectivity index (χ3n) is 2.75. The van der Waals surface area contributed by atoms with Gasteiger partial charge >= 0.3 is 30.2 Å². The number of nitrogens with one attached hydrogen (secondary N) is 1. The molecule has 1 aromatic carbocycles. The van der Waals surface area contributed by atoms with Crippen LogP contribution >= 0.6 is 0 Å². The summed E-state index contributed by atoms with van der Waals surface area (Å²) in [5, 5.41) is 0.944. The van der Waals surface area contributed by atoms with Crippen LogP contribution in [0.25, 0.3) is 0 Å². The largest absolute Gasteiger partial charge is 0.462 e. The minimum atomic E-state index is -7.28. The first-order chi connectivity index (χ1) is 11.8. The Morgan fingerprint density at radius 2 is 1.22 bits per heavy atom. The van der Waals surface area contributed by atoms with Crippen LogP contribution in [-0.4, -0.2) is 36.1 Å². The average Bonchev–Trinajstić information content (AvgIpc) is 2.46. The van der Waals surface area contributed by atoms with Crippen LogP contribution in [0.4, 0.5) is 58.4 Å². The lowest BCUT2D eigenvalue weighted by atomic mass is 10.2. The van der Waals surface area contributed by atoms with Crippen molar-refractivity contribution in [1.29, 1.82) is 0 Å². The highest BCUT2D eigenvalue weighted by molar-refractivity contribution is 5.96. The second-order valence-corrected chi connectivity index (χ2v) is 4.75. The first-order valence-corrected chi connectivity index (χ1v) is 6.20. The number of halogens is 12. The van der Waals surface area contributed by atoms with Gasteiger partial charge in [0, 0.05) is 5.69 Å². The van der Waals surface area contributed by atoms with E-state index in [2.05, 4.69) is 4.74 Å². The van der Waals surface area contributed by atoms with E-state index < -0.39 is 47.7 Å². The molecule has 0 bridgehead atoms. The first-order valence-electron chi connectivity index (χ1n) is 6.20. The quantitative estimate of drug-likeness (QED) is 0.692. The van der Waals surface area contributed by atoms with E-state index in [9.17, 15) is 57.5 Å². The Morgan fingerprint density at radius 1 is 0.778 bits per heavy atom. The Hall–Kier alpha value is -2.19. The lowest BCUT2D eigenvalue weighted by Gasteiger charge is -2.34. The highest BCUT2D eigenvalue weighted by atomic mass is 19.4. The molecule has 0 saturated heterocycles. The van der Waals surface area contributed by atoms with Crippen molar-refractivity contribution in [3.8, 4) is 0 Å². The number of carbonyl (C=O) groups excluding carboxylic acids is 1. The van der Waals surface area contributed by atoms with Crippen LogP contribution in [0, 0.1) is 5.82 Å². The van der Waals surface area contributed by atoms with Crippen molar-refractivity contribution >= 4 is 11.6 Å². The summed E-state index contributed by atoms with van der Waals surface area (Å²) in [5.74, 6) is -17.8.